The van der Waals surface area contributed by atoms with E-state index < -0.39 is 0 Å². The Kier molecular flexibility index (Phi) is 5.76. The van der Waals surface area contributed by atoms with Crippen LogP contribution in [0.3, 0.4) is 0 Å². The first-order chi connectivity index (χ1) is 11.7. The minimum absolute atomic E-state index is 0.301. The van der Waals surface area contributed by atoms with E-state index in [1.165, 1.54) is 43.9 Å². The first kappa shape index (κ1) is 17.3. The average molecular weight is 325 g/mol. The number of aromatic nitrogens is 1. The highest BCUT2D eigenvalue weighted by Crippen LogP contribution is 2.36. The zero-order valence-electron chi connectivity index (χ0n) is 15.2. The van der Waals surface area contributed by atoms with Crippen LogP contribution in [0.5, 0.6) is 0 Å². The molecule has 3 rings (SSSR count). The lowest BCUT2D eigenvalue weighted by Gasteiger charge is -2.20. The summed E-state index contributed by atoms with van der Waals surface area (Å²) in [6.45, 7) is 4.69. The first-order valence-corrected chi connectivity index (χ1v) is 9.76. The highest BCUT2D eigenvalue weighted by atomic mass is 16.1. The van der Waals surface area contributed by atoms with Crippen LogP contribution in [0.2, 0.25) is 0 Å². The molecule has 1 aromatic heterocycles. The lowest BCUT2D eigenvalue weighted by Crippen LogP contribution is -2.10. The number of fused-ring (bicyclic) bond motifs is 1. The molecule has 0 spiro atoms. The molecule has 0 saturated heterocycles. The second-order valence-corrected chi connectivity index (χ2v) is 7.92. The van der Waals surface area contributed by atoms with Gasteiger partial charge < -0.3 is 4.98 Å². The van der Waals surface area contributed by atoms with Gasteiger partial charge in [0, 0.05) is 23.7 Å². The third kappa shape index (κ3) is 4.28. The molecule has 2 nitrogen and oxygen atoms in total. The number of hydrogen-bond acceptors (Lipinski definition) is 1. The fourth-order valence-electron chi connectivity index (χ4n) is 4.50. The molecule has 0 amide bonds. The number of ketones is 1. The minimum atomic E-state index is 0.301. The Labute approximate surface area is 146 Å². The van der Waals surface area contributed by atoms with Gasteiger partial charge in [-0.15, -0.1) is 0 Å². The Bertz CT molecular complexity index is 671. The van der Waals surface area contributed by atoms with Crippen molar-refractivity contribution in [3.8, 4) is 0 Å². The maximum absolute atomic E-state index is 12.6. The van der Waals surface area contributed by atoms with Gasteiger partial charge in [0.1, 0.15) is 0 Å². The summed E-state index contributed by atoms with van der Waals surface area (Å²) in [4.78, 5) is 15.8. The fourth-order valence-corrected chi connectivity index (χ4v) is 4.50. The van der Waals surface area contributed by atoms with Crippen LogP contribution in [0.4, 0.5) is 0 Å². The summed E-state index contributed by atoms with van der Waals surface area (Å²) in [5.74, 6) is 2.74. The van der Waals surface area contributed by atoms with E-state index in [9.17, 15) is 4.79 Å². The SMILES string of the molecule is CCC[C@@H]1CC[C@H](C)C[C@H](CCC(=O)c2ccc3cc[nH]c3c2)C1. The quantitative estimate of drug-likeness (QED) is 0.485. The molecule has 1 aliphatic rings. The topological polar surface area (TPSA) is 32.9 Å². The van der Waals surface area contributed by atoms with Gasteiger partial charge in [-0.25, -0.2) is 0 Å². The molecule has 0 radical (unpaired) electrons. The molecule has 2 aromatic rings. The van der Waals surface area contributed by atoms with Crippen molar-refractivity contribution in [3.05, 3.63) is 36.0 Å². The minimum Gasteiger partial charge on any atom is -0.361 e. The van der Waals surface area contributed by atoms with Crippen molar-refractivity contribution in [1.82, 2.24) is 4.98 Å². The maximum atomic E-state index is 12.6. The number of carbonyl (C=O) groups is 1. The molecule has 130 valence electrons. The molecular formula is C22H31NO. The van der Waals surface area contributed by atoms with Crippen LogP contribution in [0.15, 0.2) is 30.5 Å². The van der Waals surface area contributed by atoms with Crippen LogP contribution < -0.4 is 0 Å². The number of aromatic amines is 1. The van der Waals surface area contributed by atoms with Crippen molar-refractivity contribution in [2.75, 3.05) is 0 Å². The lowest BCUT2D eigenvalue weighted by atomic mass is 9.86. The van der Waals surface area contributed by atoms with Crippen molar-refractivity contribution in [2.24, 2.45) is 17.8 Å². The van der Waals surface area contributed by atoms with Crippen LogP contribution in [-0.2, 0) is 0 Å². The summed E-state index contributed by atoms with van der Waals surface area (Å²) in [5.41, 5.74) is 1.92. The Hall–Kier alpha value is -1.57. The maximum Gasteiger partial charge on any atom is 0.162 e. The van der Waals surface area contributed by atoms with Gasteiger partial charge in [0.25, 0.3) is 0 Å². The molecule has 0 unspecified atom stereocenters. The average Bonchev–Trinajstić information content (AvgIpc) is 2.97. The number of Topliss-reactive ketones (excluding diaryl/α,β-unsaturated/α-hetero) is 1. The zero-order chi connectivity index (χ0) is 16.9. The third-order valence-corrected chi connectivity index (χ3v) is 5.82. The van der Waals surface area contributed by atoms with Gasteiger partial charge >= 0.3 is 0 Å². The molecule has 1 fully saturated rings. The molecule has 1 aromatic carbocycles. The molecule has 1 saturated carbocycles. The summed E-state index contributed by atoms with van der Waals surface area (Å²) in [5, 5.41) is 1.17. The van der Waals surface area contributed by atoms with Gasteiger partial charge in [-0.3, -0.25) is 4.79 Å². The van der Waals surface area contributed by atoms with E-state index in [0.29, 0.717) is 12.2 Å². The van der Waals surface area contributed by atoms with E-state index in [1.807, 2.05) is 30.5 Å². The molecule has 1 N–H and O–H groups in total. The number of H-pyrrole nitrogens is 1. The Morgan fingerprint density at radius 1 is 1.12 bits per heavy atom. The lowest BCUT2D eigenvalue weighted by molar-refractivity contribution is 0.0970. The smallest absolute Gasteiger partial charge is 0.162 e. The van der Waals surface area contributed by atoms with E-state index in [2.05, 4.69) is 18.8 Å². The molecule has 1 aliphatic carbocycles. The normalized spacial score (nSPS) is 24.8. The molecule has 24 heavy (non-hydrogen) atoms. The molecule has 0 aliphatic heterocycles. The summed E-state index contributed by atoms with van der Waals surface area (Å²) in [6.07, 6.45) is 11.8. The Balaban J connectivity index is 1.59. The second-order valence-electron chi connectivity index (χ2n) is 7.92. The van der Waals surface area contributed by atoms with Crippen molar-refractivity contribution in [1.29, 1.82) is 0 Å². The van der Waals surface area contributed by atoms with Crippen LogP contribution >= 0.6 is 0 Å². The molecule has 2 heteroatoms. The van der Waals surface area contributed by atoms with Crippen LogP contribution in [0.1, 0.15) is 75.6 Å². The van der Waals surface area contributed by atoms with Gasteiger partial charge in [0.15, 0.2) is 5.78 Å². The Morgan fingerprint density at radius 2 is 2.00 bits per heavy atom. The van der Waals surface area contributed by atoms with Crippen molar-refractivity contribution < 1.29 is 4.79 Å². The summed E-state index contributed by atoms with van der Waals surface area (Å²) in [7, 11) is 0. The van der Waals surface area contributed by atoms with Crippen LogP contribution in [0.25, 0.3) is 10.9 Å². The Morgan fingerprint density at radius 3 is 2.83 bits per heavy atom. The highest BCUT2D eigenvalue weighted by molar-refractivity contribution is 5.99. The standard InChI is InChI=1S/C22H31NO/c1-3-4-17-6-5-16(2)13-18(14-17)7-10-22(24)20-9-8-19-11-12-23-21(19)15-20/h8-9,11-12,15-18,23H,3-7,10,13-14H2,1-2H3/t16-,17+,18-/m0/s1. The van der Waals surface area contributed by atoms with Gasteiger partial charge in [-0.05, 0) is 54.5 Å². The van der Waals surface area contributed by atoms with Gasteiger partial charge in [0.05, 0.1) is 0 Å². The first-order valence-electron chi connectivity index (χ1n) is 9.76. The van der Waals surface area contributed by atoms with Gasteiger partial charge in [-0.1, -0.05) is 51.7 Å². The summed E-state index contributed by atoms with van der Waals surface area (Å²) >= 11 is 0. The van der Waals surface area contributed by atoms with Crippen molar-refractivity contribution in [3.63, 3.8) is 0 Å². The molecule has 1 heterocycles. The van der Waals surface area contributed by atoms with Gasteiger partial charge in [0.2, 0.25) is 0 Å². The largest absolute Gasteiger partial charge is 0.361 e. The van der Waals surface area contributed by atoms with Gasteiger partial charge in [-0.2, -0.15) is 0 Å². The molecule has 3 atom stereocenters. The fraction of sp³-hybridized carbons (Fsp3) is 0.591. The predicted octanol–water partition coefficient (Wildman–Crippen LogP) is 6.37. The summed E-state index contributed by atoms with van der Waals surface area (Å²) < 4.78 is 0. The summed E-state index contributed by atoms with van der Waals surface area (Å²) in [6, 6.07) is 8.08. The second kappa shape index (κ2) is 8.00. The van der Waals surface area contributed by atoms with E-state index in [0.717, 1.165) is 35.3 Å². The third-order valence-electron chi connectivity index (χ3n) is 5.82. The highest BCUT2D eigenvalue weighted by Gasteiger charge is 2.24. The van der Waals surface area contributed by atoms with E-state index in [4.69, 9.17) is 0 Å². The van der Waals surface area contributed by atoms with Crippen LogP contribution in [-0.4, -0.2) is 10.8 Å². The van der Waals surface area contributed by atoms with Crippen molar-refractivity contribution in [2.45, 2.75) is 65.2 Å². The number of benzene rings is 1. The van der Waals surface area contributed by atoms with Crippen LogP contribution in [0, 0.1) is 17.8 Å². The molecule has 0 bridgehead atoms. The van der Waals surface area contributed by atoms with E-state index in [-0.39, 0.29) is 0 Å². The monoisotopic (exact) mass is 325 g/mol. The number of hydrogen-bond donors (Lipinski definition) is 1. The van der Waals surface area contributed by atoms with E-state index in [1.54, 1.807) is 0 Å². The molecular weight excluding hydrogens is 294 g/mol. The predicted molar refractivity (Wildman–Crippen MR) is 101 cm³/mol. The van der Waals surface area contributed by atoms with Crippen molar-refractivity contribution >= 4 is 16.7 Å². The van der Waals surface area contributed by atoms with E-state index >= 15 is 0 Å². The number of nitrogens with one attached hydrogen (secondary N) is 1. The number of carbonyl (C=O) groups excluding carboxylic acids is 1. The zero-order valence-corrected chi connectivity index (χ0v) is 15.2. The number of rotatable bonds is 6.